The number of cyclic esters (lactones) is 1. The molecular weight excluding hydrogens is 376 g/mol. The second-order valence-corrected chi connectivity index (χ2v) is 7.82. The number of rotatable bonds is 5. The van der Waals surface area contributed by atoms with Gasteiger partial charge in [0.1, 0.15) is 11.6 Å². The van der Waals surface area contributed by atoms with Crippen LogP contribution in [0.5, 0.6) is 0 Å². The van der Waals surface area contributed by atoms with Gasteiger partial charge in [-0.05, 0) is 39.3 Å². The zero-order valence-electron chi connectivity index (χ0n) is 16.8. The van der Waals surface area contributed by atoms with Gasteiger partial charge in [0.15, 0.2) is 0 Å². The van der Waals surface area contributed by atoms with Gasteiger partial charge in [-0.3, -0.25) is 0 Å². The molecule has 8 heteroatoms. The molecule has 1 aromatic heterocycles. The lowest BCUT2D eigenvalue weighted by molar-refractivity contribution is -0.174. The highest BCUT2D eigenvalue weighted by Crippen LogP contribution is 2.21. The van der Waals surface area contributed by atoms with E-state index in [0.717, 1.165) is 16.5 Å². The summed E-state index contributed by atoms with van der Waals surface area (Å²) in [5.74, 6) is -1.28. The summed E-state index contributed by atoms with van der Waals surface area (Å²) in [5.41, 5.74) is 1.38. The number of aromatic amines is 1. The molecule has 0 saturated heterocycles. The molecule has 2 atom stereocenters. The summed E-state index contributed by atoms with van der Waals surface area (Å²) in [6.07, 6.45) is 1.51. The highest BCUT2D eigenvalue weighted by atomic mass is 16.7. The largest absolute Gasteiger partial charge is 0.444 e. The molecule has 1 aromatic carbocycles. The van der Waals surface area contributed by atoms with Gasteiger partial charge in [0, 0.05) is 35.2 Å². The molecule has 154 valence electrons. The van der Waals surface area contributed by atoms with Gasteiger partial charge in [-0.25, -0.2) is 14.4 Å². The molecule has 0 radical (unpaired) electrons. The third kappa shape index (κ3) is 5.16. The van der Waals surface area contributed by atoms with Gasteiger partial charge in [-0.15, -0.1) is 0 Å². The first-order valence-corrected chi connectivity index (χ1v) is 9.27. The van der Waals surface area contributed by atoms with Gasteiger partial charge in [-0.2, -0.15) is 0 Å². The predicted molar refractivity (Wildman–Crippen MR) is 105 cm³/mol. The first-order chi connectivity index (χ1) is 13.6. The molecule has 3 rings (SSSR count). The van der Waals surface area contributed by atoms with Crippen LogP contribution >= 0.6 is 0 Å². The van der Waals surface area contributed by atoms with Crippen molar-refractivity contribution in [3.05, 3.63) is 47.7 Å². The highest BCUT2D eigenvalue weighted by Gasteiger charge is 2.31. The standard InChI is InChI=1S/C21H24N2O6/c1-12-9-17(27-18(12)24)28-19(25)16(23-20(26)29-21(2,3)4)10-13-11-22-15-8-6-5-7-14(13)15/h5-9,11,16-17,22H,10H2,1-4H3,(H,23,26)/t16-,17?/m0/s1. The molecule has 1 aliphatic rings. The Kier molecular flexibility index (Phi) is 5.63. The van der Waals surface area contributed by atoms with Crippen LogP contribution in [0.3, 0.4) is 0 Å². The Morgan fingerprint density at radius 1 is 1.28 bits per heavy atom. The average Bonchev–Trinajstić information content (AvgIpc) is 3.16. The van der Waals surface area contributed by atoms with E-state index in [2.05, 4.69) is 10.3 Å². The van der Waals surface area contributed by atoms with Gasteiger partial charge in [0.25, 0.3) is 6.29 Å². The molecule has 2 N–H and O–H groups in total. The second kappa shape index (κ2) is 7.98. The van der Waals surface area contributed by atoms with Crippen molar-refractivity contribution in [2.75, 3.05) is 0 Å². The Labute approximate surface area is 168 Å². The minimum Gasteiger partial charge on any atom is -0.444 e. The summed E-state index contributed by atoms with van der Waals surface area (Å²) in [5, 5.41) is 3.49. The van der Waals surface area contributed by atoms with Crippen LogP contribution in [-0.4, -0.2) is 40.9 Å². The van der Waals surface area contributed by atoms with Crippen LogP contribution in [0.1, 0.15) is 33.3 Å². The van der Waals surface area contributed by atoms with E-state index in [1.54, 1.807) is 33.9 Å². The molecule has 0 fully saturated rings. The summed E-state index contributed by atoms with van der Waals surface area (Å²) < 4.78 is 15.5. The van der Waals surface area contributed by atoms with Gasteiger partial charge in [-0.1, -0.05) is 18.2 Å². The molecule has 0 bridgehead atoms. The van der Waals surface area contributed by atoms with Gasteiger partial charge in [0.05, 0.1) is 0 Å². The minimum atomic E-state index is -1.11. The van der Waals surface area contributed by atoms with E-state index in [1.807, 2.05) is 24.3 Å². The quantitative estimate of drug-likeness (QED) is 0.748. The molecule has 1 unspecified atom stereocenters. The number of ether oxygens (including phenoxy) is 3. The molecule has 0 spiro atoms. The Morgan fingerprint density at radius 2 is 2.00 bits per heavy atom. The maximum Gasteiger partial charge on any atom is 0.408 e. The van der Waals surface area contributed by atoms with Gasteiger partial charge in [0.2, 0.25) is 0 Å². The smallest absolute Gasteiger partial charge is 0.408 e. The first kappa shape index (κ1) is 20.4. The van der Waals surface area contributed by atoms with Crippen LogP contribution in [0.25, 0.3) is 10.9 Å². The number of benzene rings is 1. The van der Waals surface area contributed by atoms with E-state index in [1.165, 1.54) is 6.08 Å². The predicted octanol–water partition coefficient (Wildman–Crippen LogP) is 2.98. The fraction of sp³-hybridized carbons (Fsp3) is 0.381. The molecule has 1 amide bonds. The van der Waals surface area contributed by atoms with E-state index >= 15 is 0 Å². The second-order valence-electron chi connectivity index (χ2n) is 7.82. The summed E-state index contributed by atoms with van der Waals surface area (Å²) in [6.45, 7) is 6.75. The van der Waals surface area contributed by atoms with E-state index in [9.17, 15) is 14.4 Å². The van der Waals surface area contributed by atoms with Crippen molar-refractivity contribution >= 4 is 28.9 Å². The Balaban J connectivity index is 1.78. The Morgan fingerprint density at radius 3 is 2.66 bits per heavy atom. The lowest BCUT2D eigenvalue weighted by atomic mass is 10.1. The van der Waals surface area contributed by atoms with Crippen LogP contribution in [0.15, 0.2) is 42.1 Å². The van der Waals surface area contributed by atoms with Crippen LogP contribution < -0.4 is 5.32 Å². The number of esters is 2. The van der Waals surface area contributed by atoms with Crippen LogP contribution in [0.4, 0.5) is 4.79 Å². The van der Waals surface area contributed by atoms with Gasteiger partial charge < -0.3 is 24.5 Å². The fourth-order valence-electron chi connectivity index (χ4n) is 2.92. The molecule has 0 saturated carbocycles. The number of hydrogen-bond donors (Lipinski definition) is 2. The first-order valence-electron chi connectivity index (χ1n) is 9.27. The third-order valence-electron chi connectivity index (χ3n) is 4.24. The molecule has 8 nitrogen and oxygen atoms in total. The Bertz CT molecular complexity index is 969. The lowest BCUT2D eigenvalue weighted by Gasteiger charge is -2.23. The molecule has 2 heterocycles. The number of alkyl carbamates (subject to hydrolysis) is 1. The number of carbonyl (C=O) groups is 3. The van der Waals surface area contributed by atoms with E-state index in [0.29, 0.717) is 5.57 Å². The van der Waals surface area contributed by atoms with Crippen molar-refractivity contribution in [1.29, 1.82) is 0 Å². The summed E-state index contributed by atoms with van der Waals surface area (Å²) >= 11 is 0. The minimum absolute atomic E-state index is 0.172. The number of amides is 1. The number of H-pyrrole nitrogens is 1. The normalized spacial score (nSPS) is 17.4. The van der Waals surface area contributed by atoms with Crippen LogP contribution in [-0.2, 0) is 30.2 Å². The molecular formula is C21H24N2O6. The SMILES string of the molecule is CC1=CC(OC(=O)[C@H](Cc2c[nH]c3ccccc23)NC(=O)OC(C)(C)C)OC1=O. The topological polar surface area (TPSA) is 107 Å². The molecule has 29 heavy (non-hydrogen) atoms. The van der Waals surface area contributed by atoms with Crippen molar-refractivity contribution in [1.82, 2.24) is 10.3 Å². The average molecular weight is 400 g/mol. The molecule has 2 aromatic rings. The van der Waals surface area contributed by atoms with Crippen molar-refractivity contribution in [3.8, 4) is 0 Å². The lowest BCUT2D eigenvalue weighted by Crippen LogP contribution is -2.46. The monoisotopic (exact) mass is 400 g/mol. The number of fused-ring (bicyclic) bond motifs is 1. The van der Waals surface area contributed by atoms with Crippen molar-refractivity contribution in [2.24, 2.45) is 0 Å². The van der Waals surface area contributed by atoms with Crippen molar-refractivity contribution in [2.45, 2.75) is 52.0 Å². The summed E-state index contributed by atoms with van der Waals surface area (Å²) in [6, 6.07) is 6.59. The van der Waals surface area contributed by atoms with E-state index in [4.69, 9.17) is 14.2 Å². The number of nitrogens with one attached hydrogen (secondary N) is 2. The van der Waals surface area contributed by atoms with Crippen LogP contribution in [0, 0.1) is 0 Å². The van der Waals surface area contributed by atoms with Crippen molar-refractivity contribution < 1.29 is 28.6 Å². The highest BCUT2D eigenvalue weighted by molar-refractivity contribution is 5.90. The molecule has 0 aliphatic carbocycles. The fourth-order valence-corrected chi connectivity index (χ4v) is 2.92. The van der Waals surface area contributed by atoms with E-state index < -0.39 is 36.0 Å². The van der Waals surface area contributed by atoms with E-state index in [-0.39, 0.29) is 6.42 Å². The molecule has 1 aliphatic heterocycles. The zero-order chi connectivity index (χ0) is 21.2. The number of aromatic nitrogens is 1. The Hall–Kier alpha value is -3.29. The van der Waals surface area contributed by atoms with Gasteiger partial charge >= 0.3 is 18.0 Å². The number of carbonyl (C=O) groups excluding carboxylic acids is 3. The third-order valence-corrected chi connectivity index (χ3v) is 4.24. The maximum absolute atomic E-state index is 12.8. The number of hydrogen-bond acceptors (Lipinski definition) is 6. The van der Waals surface area contributed by atoms with Crippen LogP contribution in [0.2, 0.25) is 0 Å². The summed E-state index contributed by atoms with van der Waals surface area (Å²) in [4.78, 5) is 39.6. The number of para-hydroxylation sites is 1. The zero-order valence-corrected chi connectivity index (χ0v) is 16.8. The summed E-state index contributed by atoms with van der Waals surface area (Å²) in [7, 11) is 0. The maximum atomic E-state index is 12.8. The van der Waals surface area contributed by atoms with Crippen molar-refractivity contribution in [3.63, 3.8) is 0 Å².